The molecule has 1 amide bonds. The van der Waals surface area contributed by atoms with Gasteiger partial charge in [-0.25, -0.2) is 4.39 Å². The summed E-state index contributed by atoms with van der Waals surface area (Å²) in [5.41, 5.74) is -1.85. The number of hydrogen-bond acceptors (Lipinski definition) is 4. The lowest BCUT2D eigenvalue weighted by Crippen LogP contribution is -2.34. The maximum atomic E-state index is 13.9. The van der Waals surface area contributed by atoms with Gasteiger partial charge in [0, 0.05) is 19.2 Å². The predicted octanol–water partition coefficient (Wildman–Crippen LogP) is 2.17. The number of nitro benzene ring substituents is 1. The van der Waals surface area contributed by atoms with Gasteiger partial charge in [0.05, 0.1) is 11.0 Å². The van der Waals surface area contributed by atoms with Crippen molar-refractivity contribution in [1.29, 1.82) is 0 Å². The van der Waals surface area contributed by atoms with Gasteiger partial charge in [-0.05, 0) is 25.3 Å². The second-order valence-electron chi connectivity index (χ2n) is 4.85. The molecule has 0 aromatic heterocycles. The van der Waals surface area contributed by atoms with E-state index in [4.69, 9.17) is 4.74 Å². The van der Waals surface area contributed by atoms with Crippen molar-refractivity contribution in [3.63, 3.8) is 0 Å². The summed E-state index contributed by atoms with van der Waals surface area (Å²) in [5.74, 6) is -3.58. The molecule has 114 valence electrons. The Morgan fingerprint density at radius 3 is 2.71 bits per heavy atom. The van der Waals surface area contributed by atoms with Crippen LogP contribution >= 0.6 is 0 Å². The van der Waals surface area contributed by atoms with E-state index in [0.29, 0.717) is 25.0 Å². The predicted molar refractivity (Wildman–Crippen MR) is 68.9 cm³/mol. The van der Waals surface area contributed by atoms with Gasteiger partial charge in [-0.15, -0.1) is 0 Å². The summed E-state index contributed by atoms with van der Waals surface area (Å²) < 4.78 is 32.6. The molecule has 0 saturated heterocycles. The summed E-state index contributed by atoms with van der Waals surface area (Å²) in [6, 6.07) is 1.14. The van der Waals surface area contributed by atoms with E-state index in [0.717, 1.165) is 6.42 Å². The van der Waals surface area contributed by atoms with Crippen molar-refractivity contribution < 1.29 is 23.2 Å². The first-order chi connectivity index (χ1) is 9.93. The number of hydrogen-bond donors (Lipinski definition) is 1. The lowest BCUT2D eigenvalue weighted by molar-refractivity contribution is -0.387. The molecule has 1 saturated carbocycles. The van der Waals surface area contributed by atoms with E-state index in [2.05, 4.69) is 5.32 Å². The molecule has 21 heavy (non-hydrogen) atoms. The molecule has 1 N–H and O–H groups in total. The summed E-state index contributed by atoms with van der Waals surface area (Å²) in [4.78, 5) is 21.6. The molecule has 2 atom stereocenters. The third-order valence-corrected chi connectivity index (χ3v) is 3.55. The number of carbonyl (C=O) groups is 1. The number of halogens is 2. The largest absolute Gasteiger partial charge is 0.381 e. The zero-order valence-corrected chi connectivity index (χ0v) is 11.3. The topological polar surface area (TPSA) is 81.5 Å². The minimum Gasteiger partial charge on any atom is -0.381 e. The van der Waals surface area contributed by atoms with Crippen molar-refractivity contribution in [2.24, 2.45) is 0 Å². The second kappa shape index (κ2) is 6.13. The molecule has 0 aliphatic heterocycles. The van der Waals surface area contributed by atoms with E-state index in [9.17, 15) is 23.7 Å². The van der Waals surface area contributed by atoms with Gasteiger partial charge in [0.25, 0.3) is 5.91 Å². The number of amides is 1. The molecule has 1 aromatic carbocycles. The fourth-order valence-corrected chi connectivity index (χ4v) is 2.43. The van der Waals surface area contributed by atoms with Gasteiger partial charge in [0.15, 0.2) is 0 Å². The maximum absolute atomic E-state index is 13.9. The van der Waals surface area contributed by atoms with Crippen LogP contribution in [0.4, 0.5) is 14.5 Å². The summed E-state index contributed by atoms with van der Waals surface area (Å²) in [5, 5.41) is 13.1. The van der Waals surface area contributed by atoms with E-state index in [1.807, 2.05) is 0 Å². The highest BCUT2D eigenvalue weighted by atomic mass is 19.1. The van der Waals surface area contributed by atoms with Crippen molar-refractivity contribution in [2.45, 2.75) is 31.4 Å². The number of nitro groups is 1. The van der Waals surface area contributed by atoms with Gasteiger partial charge in [0.1, 0.15) is 11.4 Å². The highest BCUT2D eigenvalue weighted by Gasteiger charge is 2.30. The summed E-state index contributed by atoms with van der Waals surface area (Å²) in [6.07, 6.45) is 1.90. The zero-order valence-electron chi connectivity index (χ0n) is 11.3. The minimum absolute atomic E-state index is 0.00453. The SMILES string of the molecule is COC1CCC(NC(=O)c2c(F)ccc([N+](=O)[O-])c2F)C1. The molecule has 1 aliphatic rings. The number of methoxy groups -OCH3 is 1. The van der Waals surface area contributed by atoms with E-state index < -0.39 is 33.7 Å². The van der Waals surface area contributed by atoms with Gasteiger partial charge in [0.2, 0.25) is 5.82 Å². The first-order valence-electron chi connectivity index (χ1n) is 6.40. The van der Waals surface area contributed by atoms with E-state index in [1.165, 1.54) is 0 Å². The van der Waals surface area contributed by atoms with Gasteiger partial charge >= 0.3 is 5.69 Å². The van der Waals surface area contributed by atoms with Crippen LogP contribution < -0.4 is 5.32 Å². The van der Waals surface area contributed by atoms with Crippen LogP contribution in [0.2, 0.25) is 0 Å². The summed E-state index contributed by atoms with van der Waals surface area (Å²) in [7, 11) is 1.55. The average molecular weight is 300 g/mol. The highest BCUT2D eigenvalue weighted by Crippen LogP contribution is 2.25. The number of nitrogens with zero attached hydrogens (tertiary/aromatic N) is 1. The van der Waals surface area contributed by atoms with Gasteiger partial charge < -0.3 is 10.1 Å². The monoisotopic (exact) mass is 300 g/mol. The quantitative estimate of drug-likeness (QED) is 0.682. The third kappa shape index (κ3) is 3.15. The molecule has 0 spiro atoms. The molecule has 1 aromatic rings. The fraction of sp³-hybridized carbons (Fsp3) is 0.462. The molecule has 0 radical (unpaired) electrons. The first-order valence-corrected chi connectivity index (χ1v) is 6.40. The lowest BCUT2D eigenvalue weighted by atomic mass is 10.1. The molecule has 6 nitrogen and oxygen atoms in total. The molecule has 2 rings (SSSR count). The Morgan fingerprint density at radius 2 is 2.14 bits per heavy atom. The third-order valence-electron chi connectivity index (χ3n) is 3.55. The minimum atomic E-state index is -1.46. The van der Waals surface area contributed by atoms with Crippen molar-refractivity contribution in [2.75, 3.05) is 7.11 Å². The first kappa shape index (κ1) is 15.3. The Hall–Kier alpha value is -2.09. The Balaban J connectivity index is 2.19. The Kier molecular flexibility index (Phi) is 4.46. The van der Waals surface area contributed by atoms with Crippen LogP contribution in [0.25, 0.3) is 0 Å². The standard InChI is InChI=1S/C13H14F2N2O4/c1-21-8-3-2-7(6-8)16-13(18)11-9(14)4-5-10(12(11)15)17(19)20/h4-5,7-8H,2-3,6H2,1H3,(H,16,18). The molecular weight excluding hydrogens is 286 g/mol. The normalized spacial score (nSPS) is 21.3. The number of carbonyl (C=O) groups excluding carboxylic acids is 1. The van der Waals surface area contributed by atoms with Gasteiger partial charge in [-0.3, -0.25) is 14.9 Å². The lowest BCUT2D eigenvalue weighted by Gasteiger charge is -2.13. The van der Waals surface area contributed by atoms with E-state index in [-0.39, 0.29) is 12.1 Å². The second-order valence-corrected chi connectivity index (χ2v) is 4.85. The van der Waals surface area contributed by atoms with E-state index in [1.54, 1.807) is 7.11 Å². The highest BCUT2D eigenvalue weighted by molar-refractivity contribution is 5.95. The summed E-state index contributed by atoms with van der Waals surface area (Å²) in [6.45, 7) is 0. The van der Waals surface area contributed by atoms with Crippen LogP contribution in [0.15, 0.2) is 12.1 Å². The Labute approximate surface area is 119 Å². The van der Waals surface area contributed by atoms with Crippen molar-refractivity contribution in [3.05, 3.63) is 39.4 Å². The molecule has 0 heterocycles. The van der Waals surface area contributed by atoms with Crippen molar-refractivity contribution in [3.8, 4) is 0 Å². The Bertz CT molecular complexity index is 580. The van der Waals surface area contributed by atoms with Gasteiger partial charge in [-0.1, -0.05) is 0 Å². The van der Waals surface area contributed by atoms with Crippen LogP contribution in [0.1, 0.15) is 29.6 Å². The number of ether oxygens (including phenoxy) is 1. The number of rotatable bonds is 4. The summed E-state index contributed by atoms with van der Waals surface area (Å²) >= 11 is 0. The van der Waals surface area contributed by atoms with Crippen LogP contribution in [0.3, 0.4) is 0 Å². The molecular formula is C13H14F2N2O4. The van der Waals surface area contributed by atoms with Crippen LogP contribution in [-0.4, -0.2) is 30.1 Å². The van der Waals surface area contributed by atoms with Gasteiger partial charge in [-0.2, -0.15) is 4.39 Å². The van der Waals surface area contributed by atoms with E-state index >= 15 is 0 Å². The average Bonchev–Trinajstić information content (AvgIpc) is 2.85. The van der Waals surface area contributed by atoms with Crippen molar-refractivity contribution in [1.82, 2.24) is 5.32 Å². The molecule has 2 unspecified atom stereocenters. The number of nitrogens with one attached hydrogen (secondary N) is 1. The zero-order chi connectivity index (χ0) is 15.6. The smallest absolute Gasteiger partial charge is 0.305 e. The van der Waals surface area contributed by atoms with Crippen LogP contribution in [-0.2, 0) is 4.74 Å². The van der Waals surface area contributed by atoms with Crippen LogP contribution in [0, 0.1) is 21.7 Å². The molecule has 1 aliphatic carbocycles. The Morgan fingerprint density at radius 1 is 1.43 bits per heavy atom. The maximum Gasteiger partial charge on any atom is 0.305 e. The van der Waals surface area contributed by atoms with Crippen LogP contribution in [0.5, 0.6) is 0 Å². The molecule has 1 fully saturated rings. The number of benzene rings is 1. The molecule has 0 bridgehead atoms. The fourth-order valence-electron chi connectivity index (χ4n) is 2.43. The molecule has 8 heteroatoms. The van der Waals surface area contributed by atoms with Crippen molar-refractivity contribution >= 4 is 11.6 Å².